The maximum atomic E-state index is 15.1. The van der Waals surface area contributed by atoms with Gasteiger partial charge in [-0.2, -0.15) is 0 Å². The SMILES string of the molecule is O=C(c1ccc(OC(F)(F)F)cc1)N1CCC(c2c(F)cnc3[nH]c4c(c23)CCC(CO)C4)CC1. The number of nitrogens with zero attached hydrogens (tertiary/aromatic N) is 2. The largest absolute Gasteiger partial charge is 0.573 e. The number of fused-ring (bicyclic) bond motifs is 3. The third-order valence-electron chi connectivity index (χ3n) is 7.08. The number of likely N-dealkylation sites (tertiary alicyclic amines) is 1. The first-order chi connectivity index (χ1) is 16.7. The van der Waals surface area contributed by atoms with Crippen LogP contribution in [0.3, 0.4) is 0 Å². The van der Waals surface area contributed by atoms with Crippen molar-refractivity contribution in [2.24, 2.45) is 5.92 Å². The molecule has 2 aromatic heterocycles. The van der Waals surface area contributed by atoms with E-state index in [1.807, 2.05) is 0 Å². The summed E-state index contributed by atoms with van der Waals surface area (Å²) in [6, 6.07) is 4.86. The Labute approximate surface area is 198 Å². The Hall–Kier alpha value is -3.14. The number of ether oxygens (including phenoxy) is 1. The van der Waals surface area contributed by atoms with Crippen molar-refractivity contribution in [3.63, 3.8) is 0 Å². The molecule has 1 aromatic carbocycles. The highest BCUT2D eigenvalue weighted by Gasteiger charge is 2.32. The standard InChI is InChI=1S/C25H25F4N3O3/c26-19-12-30-23-22(18-6-1-14(13-33)11-20(18)31-23)21(19)15-7-9-32(10-8-15)24(34)16-2-4-17(5-3-16)35-25(27,28)29/h2-5,12,14-15,33H,1,6-11,13H2,(H,30,31). The zero-order valence-electron chi connectivity index (χ0n) is 18.9. The van der Waals surface area contributed by atoms with E-state index in [0.29, 0.717) is 43.6 Å². The van der Waals surface area contributed by atoms with Gasteiger partial charge in [0.2, 0.25) is 0 Å². The smallest absolute Gasteiger partial charge is 0.406 e. The molecule has 2 N–H and O–H groups in total. The number of aromatic amines is 1. The number of carbonyl (C=O) groups is 1. The molecule has 1 aliphatic heterocycles. The summed E-state index contributed by atoms with van der Waals surface area (Å²) < 4.78 is 56.0. The number of hydrogen-bond acceptors (Lipinski definition) is 4. The van der Waals surface area contributed by atoms with Crippen LogP contribution < -0.4 is 4.74 Å². The number of aromatic nitrogens is 2. The number of H-pyrrole nitrogens is 1. The lowest BCUT2D eigenvalue weighted by Gasteiger charge is -2.33. The van der Waals surface area contributed by atoms with Crippen LogP contribution in [0.1, 0.15) is 52.4 Å². The van der Waals surface area contributed by atoms with Crippen molar-refractivity contribution < 1.29 is 32.2 Å². The van der Waals surface area contributed by atoms with E-state index in [-0.39, 0.29) is 41.5 Å². The molecule has 1 atom stereocenters. The second-order valence-corrected chi connectivity index (χ2v) is 9.26. The molecule has 1 amide bonds. The Morgan fingerprint density at radius 3 is 2.54 bits per heavy atom. The van der Waals surface area contributed by atoms with Crippen LogP contribution in [-0.4, -0.2) is 51.9 Å². The molecule has 0 spiro atoms. The lowest BCUT2D eigenvalue weighted by Crippen LogP contribution is -2.38. The van der Waals surface area contributed by atoms with Gasteiger partial charge in [-0.3, -0.25) is 4.79 Å². The van der Waals surface area contributed by atoms with Crippen LogP contribution in [0.5, 0.6) is 5.75 Å². The summed E-state index contributed by atoms with van der Waals surface area (Å²) in [7, 11) is 0. The van der Waals surface area contributed by atoms with Crippen molar-refractivity contribution >= 4 is 16.9 Å². The summed E-state index contributed by atoms with van der Waals surface area (Å²) in [6.07, 6.45) is -0.114. The molecule has 1 fully saturated rings. The molecule has 2 aliphatic rings. The summed E-state index contributed by atoms with van der Waals surface area (Å²) in [5.41, 5.74) is 3.65. The Balaban J connectivity index is 1.32. The number of carbonyl (C=O) groups excluding carboxylic acids is 1. The number of rotatable bonds is 4. The fourth-order valence-electron chi connectivity index (χ4n) is 5.37. The van der Waals surface area contributed by atoms with Crippen LogP contribution in [-0.2, 0) is 12.8 Å². The van der Waals surface area contributed by atoms with Gasteiger partial charge in [-0.15, -0.1) is 13.2 Å². The van der Waals surface area contributed by atoms with E-state index in [0.717, 1.165) is 41.6 Å². The molecular weight excluding hydrogens is 466 g/mol. The van der Waals surface area contributed by atoms with Gasteiger partial charge in [-0.05, 0) is 73.8 Å². The lowest BCUT2D eigenvalue weighted by molar-refractivity contribution is -0.274. The minimum atomic E-state index is -4.79. The first-order valence-electron chi connectivity index (χ1n) is 11.7. The van der Waals surface area contributed by atoms with Gasteiger partial charge in [0, 0.05) is 41.9 Å². The Morgan fingerprint density at radius 1 is 1.17 bits per heavy atom. The van der Waals surface area contributed by atoms with E-state index in [4.69, 9.17) is 0 Å². The number of alkyl halides is 3. The lowest BCUT2D eigenvalue weighted by atomic mass is 9.83. The molecule has 0 radical (unpaired) electrons. The number of hydrogen-bond donors (Lipinski definition) is 2. The number of aliphatic hydroxyl groups is 1. The summed E-state index contributed by atoms with van der Waals surface area (Å²) >= 11 is 0. The number of aliphatic hydroxyl groups excluding tert-OH is 1. The Morgan fingerprint density at radius 2 is 1.89 bits per heavy atom. The molecule has 186 valence electrons. The molecule has 5 rings (SSSR count). The third kappa shape index (κ3) is 4.71. The predicted molar refractivity (Wildman–Crippen MR) is 120 cm³/mol. The van der Waals surface area contributed by atoms with E-state index >= 15 is 4.39 Å². The molecule has 10 heteroatoms. The van der Waals surface area contributed by atoms with Gasteiger partial charge in [-0.25, -0.2) is 9.37 Å². The molecule has 1 unspecified atom stereocenters. The molecule has 3 aromatic rings. The van der Waals surface area contributed by atoms with E-state index in [2.05, 4.69) is 14.7 Å². The van der Waals surface area contributed by atoms with Crippen LogP contribution in [0.15, 0.2) is 30.5 Å². The fourth-order valence-corrected chi connectivity index (χ4v) is 5.37. The van der Waals surface area contributed by atoms with Crippen LogP contribution >= 0.6 is 0 Å². The number of halogens is 4. The highest BCUT2D eigenvalue weighted by atomic mass is 19.4. The molecule has 1 aliphatic carbocycles. The maximum absolute atomic E-state index is 15.1. The minimum absolute atomic E-state index is 0.0809. The molecule has 35 heavy (non-hydrogen) atoms. The third-order valence-corrected chi connectivity index (χ3v) is 7.08. The monoisotopic (exact) mass is 491 g/mol. The zero-order chi connectivity index (χ0) is 24.7. The second kappa shape index (κ2) is 9.14. The van der Waals surface area contributed by atoms with Crippen molar-refractivity contribution in [2.45, 2.75) is 44.4 Å². The highest BCUT2D eigenvalue weighted by Crippen LogP contribution is 2.39. The predicted octanol–water partition coefficient (Wildman–Crippen LogP) is 4.72. The average Bonchev–Trinajstić information content (AvgIpc) is 3.21. The van der Waals surface area contributed by atoms with Gasteiger partial charge in [0.1, 0.15) is 17.2 Å². The summed E-state index contributed by atoms with van der Waals surface area (Å²) in [5, 5.41) is 10.4. The van der Waals surface area contributed by atoms with Crippen molar-refractivity contribution in [3.8, 4) is 5.75 Å². The molecular formula is C25H25F4N3O3. The van der Waals surface area contributed by atoms with Gasteiger partial charge in [0.05, 0.1) is 6.20 Å². The first-order valence-corrected chi connectivity index (χ1v) is 11.7. The number of benzene rings is 1. The van der Waals surface area contributed by atoms with Crippen LogP contribution in [0, 0.1) is 11.7 Å². The number of nitrogens with one attached hydrogen (secondary N) is 1. The molecule has 1 saturated heterocycles. The van der Waals surface area contributed by atoms with Crippen molar-refractivity contribution in [2.75, 3.05) is 19.7 Å². The Kier molecular flexibility index (Phi) is 6.16. The molecule has 6 nitrogen and oxygen atoms in total. The second-order valence-electron chi connectivity index (χ2n) is 9.26. The van der Waals surface area contributed by atoms with E-state index in [1.54, 1.807) is 4.90 Å². The van der Waals surface area contributed by atoms with Gasteiger partial charge in [-0.1, -0.05) is 0 Å². The molecule has 3 heterocycles. The van der Waals surface area contributed by atoms with Crippen LogP contribution in [0.4, 0.5) is 17.6 Å². The van der Waals surface area contributed by atoms with Gasteiger partial charge in [0.15, 0.2) is 0 Å². The van der Waals surface area contributed by atoms with Crippen LogP contribution in [0.25, 0.3) is 11.0 Å². The van der Waals surface area contributed by atoms with Gasteiger partial charge >= 0.3 is 6.36 Å². The number of pyridine rings is 1. The summed E-state index contributed by atoms with van der Waals surface area (Å²) in [6.45, 7) is 0.938. The minimum Gasteiger partial charge on any atom is -0.406 e. The van der Waals surface area contributed by atoms with Crippen molar-refractivity contribution in [1.82, 2.24) is 14.9 Å². The number of aryl methyl sites for hydroxylation is 1. The number of amides is 1. The first kappa shape index (κ1) is 23.6. The summed E-state index contributed by atoms with van der Waals surface area (Å²) in [5.74, 6) is -0.912. The number of piperidine rings is 1. The highest BCUT2D eigenvalue weighted by molar-refractivity contribution is 5.94. The molecule has 0 bridgehead atoms. The summed E-state index contributed by atoms with van der Waals surface area (Å²) in [4.78, 5) is 22.1. The Bertz CT molecular complexity index is 1230. The van der Waals surface area contributed by atoms with Gasteiger partial charge < -0.3 is 19.7 Å². The quantitative estimate of drug-likeness (QED) is 0.518. The van der Waals surface area contributed by atoms with E-state index in [9.17, 15) is 23.1 Å². The zero-order valence-corrected chi connectivity index (χ0v) is 18.9. The average molecular weight is 491 g/mol. The normalized spacial score (nSPS) is 19.1. The van der Waals surface area contributed by atoms with E-state index in [1.165, 1.54) is 18.3 Å². The maximum Gasteiger partial charge on any atom is 0.573 e. The van der Waals surface area contributed by atoms with Crippen molar-refractivity contribution in [3.05, 3.63) is 58.7 Å². The van der Waals surface area contributed by atoms with Crippen molar-refractivity contribution in [1.29, 1.82) is 0 Å². The topological polar surface area (TPSA) is 78.5 Å². The van der Waals surface area contributed by atoms with E-state index < -0.39 is 6.36 Å². The molecule has 0 saturated carbocycles. The van der Waals surface area contributed by atoms with Crippen LogP contribution in [0.2, 0.25) is 0 Å². The van der Waals surface area contributed by atoms with Gasteiger partial charge in [0.25, 0.3) is 5.91 Å². The fraction of sp³-hybridized carbons (Fsp3) is 0.440.